The molecule has 0 aliphatic carbocycles. The Morgan fingerprint density at radius 1 is 1.12 bits per heavy atom. The number of hydrogen-bond donors (Lipinski definition) is 1. The van der Waals surface area contributed by atoms with E-state index in [0.717, 1.165) is 6.54 Å². The summed E-state index contributed by atoms with van der Waals surface area (Å²) < 4.78 is 0. The van der Waals surface area contributed by atoms with Crippen LogP contribution in [0.15, 0.2) is 30.3 Å². The van der Waals surface area contributed by atoms with Crippen LogP contribution in [0, 0.1) is 0 Å². The lowest BCUT2D eigenvalue weighted by atomic mass is 9.98. The molecule has 0 aromatic heterocycles. The predicted octanol–water partition coefficient (Wildman–Crippen LogP) is 3.91. The van der Waals surface area contributed by atoms with Crippen LogP contribution in [0.5, 0.6) is 0 Å². The Morgan fingerprint density at radius 3 is 2.59 bits per heavy atom. The summed E-state index contributed by atoms with van der Waals surface area (Å²) in [6.07, 6.45) is 6.05. The van der Waals surface area contributed by atoms with Gasteiger partial charge in [0.1, 0.15) is 0 Å². The molecule has 17 heavy (non-hydrogen) atoms. The number of rotatable bonds is 9. The summed E-state index contributed by atoms with van der Waals surface area (Å²) in [7, 11) is 0. The molecule has 1 atom stereocenters. The minimum atomic E-state index is 0.662. The molecule has 0 bridgehead atoms. The quantitative estimate of drug-likeness (QED) is 0.668. The summed E-state index contributed by atoms with van der Waals surface area (Å²) in [6, 6.07) is 10.8. The lowest BCUT2D eigenvalue weighted by molar-refractivity contribution is 0.579. The molecule has 1 N–H and O–H groups in total. The van der Waals surface area contributed by atoms with Gasteiger partial charge in [-0.15, -0.1) is 0 Å². The van der Waals surface area contributed by atoms with Gasteiger partial charge in [0.15, 0.2) is 0 Å². The number of nitrogens with one attached hydrogen (secondary N) is 1. The Balaban J connectivity index is 2.03. The number of thioether (sulfide) groups is 1. The second-order valence-electron chi connectivity index (χ2n) is 4.55. The minimum absolute atomic E-state index is 0.662. The van der Waals surface area contributed by atoms with E-state index < -0.39 is 0 Å². The highest BCUT2D eigenvalue weighted by atomic mass is 32.2. The SMILES string of the molecule is CSCCCCNCCC(C)c1ccccc1. The van der Waals surface area contributed by atoms with Crippen LogP contribution in [0.1, 0.15) is 37.7 Å². The Morgan fingerprint density at radius 2 is 1.88 bits per heavy atom. The summed E-state index contributed by atoms with van der Waals surface area (Å²) >= 11 is 1.94. The zero-order valence-corrected chi connectivity index (χ0v) is 11.9. The maximum Gasteiger partial charge on any atom is -0.00432 e. The van der Waals surface area contributed by atoms with E-state index in [1.807, 2.05) is 11.8 Å². The van der Waals surface area contributed by atoms with Gasteiger partial charge in [0.25, 0.3) is 0 Å². The maximum atomic E-state index is 3.54. The molecule has 0 amide bonds. The van der Waals surface area contributed by atoms with Crippen molar-refractivity contribution >= 4 is 11.8 Å². The topological polar surface area (TPSA) is 12.0 Å². The zero-order chi connectivity index (χ0) is 12.3. The summed E-state index contributed by atoms with van der Waals surface area (Å²) in [5, 5.41) is 3.54. The maximum absolute atomic E-state index is 3.54. The Labute approximate surface area is 110 Å². The smallest absolute Gasteiger partial charge is 0.00432 e. The molecule has 0 saturated carbocycles. The molecule has 0 aliphatic rings. The van der Waals surface area contributed by atoms with Crippen molar-refractivity contribution in [2.45, 2.75) is 32.1 Å². The molecule has 2 heteroatoms. The van der Waals surface area contributed by atoms with Crippen LogP contribution < -0.4 is 5.32 Å². The standard InChI is InChI=1S/C15H25NS/c1-14(15-8-4-3-5-9-15)10-12-16-11-6-7-13-17-2/h3-5,8-9,14,16H,6-7,10-13H2,1-2H3. The van der Waals surface area contributed by atoms with Gasteiger partial charge in [-0.25, -0.2) is 0 Å². The first-order chi connectivity index (χ1) is 8.34. The van der Waals surface area contributed by atoms with Crippen LogP contribution in [-0.4, -0.2) is 25.1 Å². The van der Waals surface area contributed by atoms with Gasteiger partial charge in [-0.3, -0.25) is 0 Å². The van der Waals surface area contributed by atoms with E-state index >= 15 is 0 Å². The average molecular weight is 251 g/mol. The fourth-order valence-electron chi connectivity index (χ4n) is 1.89. The molecule has 0 heterocycles. The number of unbranched alkanes of at least 4 members (excludes halogenated alkanes) is 1. The van der Waals surface area contributed by atoms with Crippen LogP contribution in [0.25, 0.3) is 0 Å². The molecule has 96 valence electrons. The predicted molar refractivity (Wildman–Crippen MR) is 80.0 cm³/mol. The van der Waals surface area contributed by atoms with Crippen molar-refractivity contribution in [3.63, 3.8) is 0 Å². The summed E-state index contributed by atoms with van der Waals surface area (Å²) in [5.41, 5.74) is 1.46. The third kappa shape index (κ3) is 6.75. The van der Waals surface area contributed by atoms with Crippen molar-refractivity contribution in [3.05, 3.63) is 35.9 Å². The second-order valence-corrected chi connectivity index (χ2v) is 5.54. The van der Waals surface area contributed by atoms with Crippen molar-refractivity contribution in [2.75, 3.05) is 25.1 Å². The number of benzene rings is 1. The molecule has 1 nitrogen and oxygen atoms in total. The van der Waals surface area contributed by atoms with Crippen LogP contribution in [0.2, 0.25) is 0 Å². The molecule has 0 fully saturated rings. The monoisotopic (exact) mass is 251 g/mol. The van der Waals surface area contributed by atoms with Crippen molar-refractivity contribution < 1.29 is 0 Å². The van der Waals surface area contributed by atoms with Gasteiger partial charge in [-0.1, -0.05) is 37.3 Å². The third-order valence-electron chi connectivity index (χ3n) is 3.07. The van der Waals surface area contributed by atoms with Gasteiger partial charge in [0, 0.05) is 0 Å². The largest absolute Gasteiger partial charge is 0.317 e. The van der Waals surface area contributed by atoms with E-state index in [9.17, 15) is 0 Å². The number of hydrogen-bond acceptors (Lipinski definition) is 2. The van der Waals surface area contributed by atoms with E-state index in [2.05, 4.69) is 48.8 Å². The van der Waals surface area contributed by atoms with Gasteiger partial charge in [0.05, 0.1) is 0 Å². The molecular weight excluding hydrogens is 226 g/mol. The van der Waals surface area contributed by atoms with Crippen LogP contribution in [-0.2, 0) is 0 Å². The molecule has 1 unspecified atom stereocenters. The molecular formula is C15H25NS. The highest BCUT2D eigenvalue weighted by Crippen LogP contribution is 2.17. The summed E-state index contributed by atoms with van der Waals surface area (Å²) in [6.45, 7) is 4.61. The molecule has 1 rings (SSSR count). The molecule has 0 radical (unpaired) electrons. The van der Waals surface area contributed by atoms with E-state index in [1.54, 1.807) is 0 Å². The summed E-state index contributed by atoms with van der Waals surface area (Å²) in [4.78, 5) is 0. The van der Waals surface area contributed by atoms with E-state index in [0.29, 0.717) is 5.92 Å². The minimum Gasteiger partial charge on any atom is -0.317 e. The van der Waals surface area contributed by atoms with Crippen molar-refractivity contribution in [2.24, 2.45) is 0 Å². The zero-order valence-electron chi connectivity index (χ0n) is 11.1. The fourth-order valence-corrected chi connectivity index (χ4v) is 2.38. The molecule has 1 aromatic rings. The van der Waals surface area contributed by atoms with Crippen molar-refractivity contribution in [1.29, 1.82) is 0 Å². The average Bonchev–Trinajstić information content (AvgIpc) is 2.38. The lowest BCUT2D eigenvalue weighted by Gasteiger charge is -2.12. The molecule has 0 aliphatic heterocycles. The first kappa shape index (κ1) is 14.6. The van der Waals surface area contributed by atoms with E-state index in [1.165, 1.54) is 37.1 Å². The fraction of sp³-hybridized carbons (Fsp3) is 0.600. The molecule has 0 saturated heterocycles. The summed E-state index contributed by atoms with van der Waals surface area (Å²) in [5.74, 6) is 1.96. The van der Waals surface area contributed by atoms with Gasteiger partial charge in [-0.2, -0.15) is 11.8 Å². The lowest BCUT2D eigenvalue weighted by Crippen LogP contribution is -2.18. The molecule has 1 aromatic carbocycles. The second kappa shape index (κ2) is 9.55. The van der Waals surface area contributed by atoms with Gasteiger partial charge in [0.2, 0.25) is 0 Å². The first-order valence-electron chi connectivity index (χ1n) is 6.59. The highest BCUT2D eigenvalue weighted by molar-refractivity contribution is 7.98. The normalized spacial score (nSPS) is 12.6. The first-order valence-corrected chi connectivity index (χ1v) is 7.98. The Hall–Kier alpha value is -0.470. The van der Waals surface area contributed by atoms with Gasteiger partial charge >= 0.3 is 0 Å². The van der Waals surface area contributed by atoms with Gasteiger partial charge < -0.3 is 5.32 Å². The van der Waals surface area contributed by atoms with E-state index in [-0.39, 0.29) is 0 Å². The van der Waals surface area contributed by atoms with Crippen LogP contribution in [0.4, 0.5) is 0 Å². The highest BCUT2D eigenvalue weighted by Gasteiger charge is 2.03. The Kier molecular flexibility index (Phi) is 8.20. The van der Waals surface area contributed by atoms with E-state index in [4.69, 9.17) is 0 Å². The van der Waals surface area contributed by atoms with Crippen molar-refractivity contribution in [3.8, 4) is 0 Å². The molecule has 0 spiro atoms. The van der Waals surface area contributed by atoms with Crippen LogP contribution >= 0.6 is 11.8 Å². The van der Waals surface area contributed by atoms with Gasteiger partial charge in [-0.05, 0) is 55.8 Å². The Bertz CT molecular complexity index is 274. The van der Waals surface area contributed by atoms with Crippen LogP contribution in [0.3, 0.4) is 0 Å². The van der Waals surface area contributed by atoms with Crippen molar-refractivity contribution in [1.82, 2.24) is 5.32 Å². The third-order valence-corrected chi connectivity index (χ3v) is 3.77.